The number of nitrogens with zero attached hydrogens (tertiary/aromatic N) is 1. The molecule has 3 heteroatoms. The minimum Gasteiger partial charge on any atom is -0.469 e. The van der Waals surface area contributed by atoms with E-state index >= 15 is 0 Å². The van der Waals surface area contributed by atoms with Crippen LogP contribution in [0.4, 0.5) is 0 Å². The molecule has 0 aromatic carbocycles. The standard InChI is InChI=1S/C13H24N2O/c1-5-13(6-2,10-14)15(4)9-12-7-8-16-11(12)3/h7-8H,5-6,9-10,14H2,1-4H3. The molecule has 0 radical (unpaired) electrons. The van der Waals surface area contributed by atoms with Crippen LogP contribution in [0.15, 0.2) is 16.7 Å². The minimum atomic E-state index is 0.115. The Hall–Kier alpha value is -0.800. The zero-order valence-electron chi connectivity index (χ0n) is 10.9. The summed E-state index contributed by atoms with van der Waals surface area (Å²) in [5, 5.41) is 0. The minimum absolute atomic E-state index is 0.115. The Kier molecular flexibility index (Phi) is 4.56. The average Bonchev–Trinajstić information content (AvgIpc) is 2.68. The molecule has 0 saturated heterocycles. The summed E-state index contributed by atoms with van der Waals surface area (Å²) in [7, 11) is 2.15. The van der Waals surface area contributed by atoms with Gasteiger partial charge in [0, 0.05) is 24.2 Å². The van der Waals surface area contributed by atoms with Gasteiger partial charge in [0.25, 0.3) is 0 Å². The fraction of sp³-hybridized carbons (Fsp3) is 0.692. The number of aryl methyl sites for hydroxylation is 1. The molecule has 1 aromatic rings. The lowest BCUT2D eigenvalue weighted by molar-refractivity contribution is 0.107. The van der Waals surface area contributed by atoms with Crippen molar-refractivity contribution in [1.29, 1.82) is 0 Å². The lowest BCUT2D eigenvalue weighted by atomic mass is 9.90. The van der Waals surface area contributed by atoms with E-state index in [-0.39, 0.29) is 5.54 Å². The van der Waals surface area contributed by atoms with E-state index < -0.39 is 0 Å². The van der Waals surface area contributed by atoms with Gasteiger partial charge in [0.05, 0.1) is 6.26 Å². The topological polar surface area (TPSA) is 42.4 Å². The second-order valence-electron chi connectivity index (χ2n) is 4.49. The summed E-state index contributed by atoms with van der Waals surface area (Å²) >= 11 is 0. The summed E-state index contributed by atoms with van der Waals surface area (Å²) in [6.45, 7) is 8.02. The molecule has 1 heterocycles. The molecule has 0 bridgehead atoms. The maximum atomic E-state index is 5.93. The van der Waals surface area contributed by atoms with E-state index in [4.69, 9.17) is 10.2 Å². The molecule has 0 aliphatic heterocycles. The first kappa shape index (κ1) is 13.3. The fourth-order valence-electron chi connectivity index (χ4n) is 2.23. The van der Waals surface area contributed by atoms with Crippen molar-refractivity contribution in [2.24, 2.45) is 5.73 Å². The third kappa shape index (κ3) is 2.47. The fourth-order valence-corrected chi connectivity index (χ4v) is 2.23. The molecule has 1 aromatic heterocycles. The van der Waals surface area contributed by atoms with E-state index in [1.54, 1.807) is 6.26 Å². The molecular weight excluding hydrogens is 200 g/mol. The Labute approximate surface area is 98.6 Å². The van der Waals surface area contributed by atoms with Crippen LogP contribution >= 0.6 is 0 Å². The molecule has 0 amide bonds. The SMILES string of the molecule is CCC(CC)(CN)N(C)Cc1ccoc1C. The highest BCUT2D eigenvalue weighted by Gasteiger charge is 2.29. The molecule has 0 aliphatic carbocycles. The highest BCUT2D eigenvalue weighted by Crippen LogP contribution is 2.24. The van der Waals surface area contributed by atoms with Crippen LogP contribution < -0.4 is 5.73 Å². The first-order valence-electron chi connectivity index (χ1n) is 6.04. The molecule has 2 N–H and O–H groups in total. The highest BCUT2D eigenvalue weighted by molar-refractivity contribution is 5.15. The van der Waals surface area contributed by atoms with E-state index in [0.29, 0.717) is 6.54 Å². The van der Waals surface area contributed by atoms with Gasteiger partial charge >= 0.3 is 0 Å². The number of hydrogen-bond acceptors (Lipinski definition) is 3. The Balaban J connectivity index is 2.77. The summed E-state index contributed by atoms with van der Waals surface area (Å²) in [4.78, 5) is 2.35. The van der Waals surface area contributed by atoms with Crippen molar-refractivity contribution < 1.29 is 4.42 Å². The van der Waals surface area contributed by atoms with Gasteiger partial charge in [-0.1, -0.05) is 13.8 Å². The van der Waals surface area contributed by atoms with Gasteiger partial charge in [0.1, 0.15) is 5.76 Å². The highest BCUT2D eigenvalue weighted by atomic mass is 16.3. The summed E-state index contributed by atoms with van der Waals surface area (Å²) in [5.41, 5.74) is 7.30. The summed E-state index contributed by atoms with van der Waals surface area (Å²) < 4.78 is 5.32. The Bertz CT molecular complexity index is 307. The van der Waals surface area contributed by atoms with Gasteiger partial charge in [-0.2, -0.15) is 0 Å². The van der Waals surface area contributed by atoms with E-state index in [9.17, 15) is 0 Å². The van der Waals surface area contributed by atoms with E-state index in [1.807, 2.05) is 13.0 Å². The molecule has 1 rings (SSSR count). The maximum absolute atomic E-state index is 5.93. The van der Waals surface area contributed by atoms with Crippen LogP contribution in [0.1, 0.15) is 38.0 Å². The predicted octanol–water partition coefficient (Wildman–Crippen LogP) is 2.54. The summed E-state index contributed by atoms with van der Waals surface area (Å²) in [6, 6.07) is 2.04. The number of rotatable bonds is 6. The van der Waals surface area contributed by atoms with E-state index in [0.717, 1.165) is 25.1 Å². The Morgan fingerprint density at radius 3 is 2.38 bits per heavy atom. The van der Waals surface area contributed by atoms with Gasteiger partial charge in [-0.15, -0.1) is 0 Å². The molecule has 3 nitrogen and oxygen atoms in total. The predicted molar refractivity (Wildman–Crippen MR) is 67.3 cm³/mol. The summed E-state index contributed by atoms with van der Waals surface area (Å²) in [6.07, 6.45) is 3.90. The largest absolute Gasteiger partial charge is 0.469 e. The van der Waals surface area contributed by atoms with Crippen LogP contribution in [0.2, 0.25) is 0 Å². The van der Waals surface area contributed by atoms with Crippen molar-refractivity contribution in [3.05, 3.63) is 23.7 Å². The van der Waals surface area contributed by atoms with Crippen molar-refractivity contribution in [1.82, 2.24) is 4.90 Å². The van der Waals surface area contributed by atoms with Crippen molar-refractivity contribution in [3.63, 3.8) is 0 Å². The van der Waals surface area contributed by atoms with Gasteiger partial charge in [0.2, 0.25) is 0 Å². The second-order valence-corrected chi connectivity index (χ2v) is 4.49. The molecule has 0 saturated carbocycles. The Morgan fingerprint density at radius 1 is 1.38 bits per heavy atom. The molecule has 16 heavy (non-hydrogen) atoms. The van der Waals surface area contributed by atoms with Gasteiger partial charge in [-0.05, 0) is 32.9 Å². The number of nitrogens with two attached hydrogens (primary N) is 1. The molecular formula is C13H24N2O. The molecule has 0 aliphatic rings. The van der Waals surface area contributed by atoms with Crippen LogP contribution in [0.25, 0.3) is 0 Å². The van der Waals surface area contributed by atoms with Crippen LogP contribution in [0, 0.1) is 6.92 Å². The van der Waals surface area contributed by atoms with E-state index in [1.165, 1.54) is 5.56 Å². The molecule has 0 spiro atoms. The van der Waals surface area contributed by atoms with Crippen molar-refractivity contribution in [2.75, 3.05) is 13.6 Å². The zero-order valence-corrected chi connectivity index (χ0v) is 10.9. The average molecular weight is 224 g/mol. The van der Waals surface area contributed by atoms with Crippen molar-refractivity contribution >= 4 is 0 Å². The smallest absolute Gasteiger partial charge is 0.105 e. The van der Waals surface area contributed by atoms with Crippen LogP contribution in [-0.4, -0.2) is 24.0 Å². The van der Waals surface area contributed by atoms with Gasteiger partial charge < -0.3 is 10.2 Å². The Morgan fingerprint density at radius 2 is 2.00 bits per heavy atom. The maximum Gasteiger partial charge on any atom is 0.105 e. The monoisotopic (exact) mass is 224 g/mol. The third-order valence-electron chi connectivity index (χ3n) is 3.88. The van der Waals surface area contributed by atoms with E-state index in [2.05, 4.69) is 25.8 Å². The second kappa shape index (κ2) is 5.51. The van der Waals surface area contributed by atoms with Gasteiger partial charge in [-0.3, -0.25) is 4.90 Å². The molecule has 0 atom stereocenters. The van der Waals surface area contributed by atoms with Crippen molar-refractivity contribution in [2.45, 2.75) is 45.7 Å². The van der Waals surface area contributed by atoms with Crippen LogP contribution in [0.3, 0.4) is 0 Å². The number of hydrogen-bond donors (Lipinski definition) is 1. The van der Waals surface area contributed by atoms with Crippen LogP contribution in [0.5, 0.6) is 0 Å². The summed E-state index contributed by atoms with van der Waals surface area (Å²) in [5.74, 6) is 1.00. The van der Waals surface area contributed by atoms with Gasteiger partial charge in [0.15, 0.2) is 0 Å². The number of likely N-dealkylation sites (N-methyl/N-ethyl adjacent to an activating group) is 1. The molecule has 92 valence electrons. The number of furan rings is 1. The first-order valence-corrected chi connectivity index (χ1v) is 6.04. The normalized spacial score (nSPS) is 12.4. The molecule has 0 unspecified atom stereocenters. The molecule has 0 fully saturated rings. The van der Waals surface area contributed by atoms with Gasteiger partial charge in [-0.25, -0.2) is 0 Å². The van der Waals surface area contributed by atoms with Crippen LogP contribution in [-0.2, 0) is 6.54 Å². The quantitative estimate of drug-likeness (QED) is 0.807. The zero-order chi connectivity index (χ0) is 12.2. The lowest BCUT2D eigenvalue weighted by Gasteiger charge is -2.40. The lowest BCUT2D eigenvalue weighted by Crippen LogP contribution is -2.50. The third-order valence-corrected chi connectivity index (χ3v) is 3.88. The first-order chi connectivity index (χ1) is 7.59. The van der Waals surface area contributed by atoms with Crippen molar-refractivity contribution in [3.8, 4) is 0 Å².